The number of ether oxygens (including phenoxy) is 1. The lowest BCUT2D eigenvalue weighted by Gasteiger charge is -2.05. The average molecular weight is 323 g/mol. The maximum atomic E-state index is 11.4. The zero-order valence-electron chi connectivity index (χ0n) is 11.4. The highest BCUT2D eigenvalue weighted by Gasteiger charge is 2.04. The smallest absolute Gasteiger partial charge is 0.342 e. The molecule has 0 unspecified atom stereocenters. The summed E-state index contributed by atoms with van der Waals surface area (Å²) in [6, 6.07) is 6.11. The minimum Gasteiger partial charge on any atom is -0.494 e. The van der Waals surface area contributed by atoms with Crippen molar-refractivity contribution in [2.45, 2.75) is 11.4 Å². The van der Waals surface area contributed by atoms with Crippen LogP contribution in [-0.2, 0) is 0 Å². The number of carboxylic acids is 1. The zero-order chi connectivity index (χ0) is 15.9. The molecule has 0 saturated heterocycles. The molecule has 2 aromatic rings. The van der Waals surface area contributed by atoms with Crippen LogP contribution in [-0.4, -0.2) is 38.6 Å². The predicted octanol–water partition coefficient (Wildman–Crippen LogP) is 0.718. The molecule has 0 fully saturated rings. The largest absolute Gasteiger partial charge is 0.494 e. The fourth-order valence-electron chi connectivity index (χ4n) is 1.55. The summed E-state index contributed by atoms with van der Waals surface area (Å²) in [7, 11) is 0. The van der Waals surface area contributed by atoms with Crippen molar-refractivity contribution < 1.29 is 14.6 Å². The first-order chi connectivity index (χ1) is 10.6. The summed E-state index contributed by atoms with van der Waals surface area (Å²) >= 11 is 1.21. The highest BCUT2D eigenvalue weighted by Crippen LogP contribution is 2.14. The van der Waals surface area contributed by atoms with Crippen LogP contribution >= 0.6 is 11.8 Å². The van der Waals surface area contributed by atoms with Gasteiger partial charge in [0.05, 0.1) is 12.2 Å². The van der Waals surface area contributed by atoms with Crippen molar-refractivity contribution in [3.8, 4) is 5.75 Å². The van der Waals surface area contributed by atoms with Gasteiger partial charge in [-0.25, -0.2) is 14.7 Å². The molecule has 1 heterocycles. The van der Waals surface area contributed by atoms with Crippen LogP contribution in [0.4, 0.5) is 0 Å². The molecule has 2 rings (SSSR count). The second-order valence-electron chi connectivity index (χ2n) is 4.19. The van der Waals surface area contributed by atoms with E-state index in [0.717, 1.165) is 0 Å². The third-order valence-corrected chi connectivity index (χ3v) is 3.62. The number of thioether (sulfide) groups is 1. The summed E-state index contributed by atoms with van der Waals surface area (Å²) in [6.07, 6.45) is 0.658. The number of hydrogen-bond acceptors (Lipinski definition) is 6. The fourth-order valence-corrected chi connectivity index (χ4v) is 2.29. The molecule has 0 bridgehead atoms. The Bertz CT molecular complexity index is 753. The van der Waals surface area contributed by atoms with Gasteiger partial charge >= 0.3 is 11.7 Å². The average Bonchev–Trinajstić information content (AvgIpc) is 2.49. The van der Waals surface area contributed by atoms with Gasteiger partial charge in [0.25, 0.3) is 5.56 Å². The topological polar surface area (TPSA) is 125 Å². The summed E-state index contributed by atoms with van der Waals surface area (Å²) in [6.45, 7) is 0.417. The van der Waals surface area contributed by atoms with Gasteiger partial charge in [0.1, 0.15) is 5.75 Å². The molecule has 3 N–H and O–H groups in total. The maximum absolute atomic E-state index is 11.4. The van der Waals surface area contributed by atoms with Crippen LogP contribution in [0, 0.1) is 0 Å². The van der Waals surface area contributed by atoms with Crippen molar-refractivity contribution >= 4 is 17.7 Å². The van der Waals surface area contributed by atoms with Gasteiger partial charge in [-0.3, -0.25) is 9.78 Å². The second kappa shape index (κ2) is 7.46. The van der Waals surface area contributed by atoms with E-state index in [1.807, 2.05) is 0 Å². The monoisotopic (exact) mass is 323 g/mol. The molecule has 0 radical (unpaired) electrons. The second-order valence-corrected chi connectivity index (χ2v) is 5.28. The molecule has 0 spiro atoms. The van der Waals surface area contributed by atoms with Gasteiger partial charge < -0.3 is 9.84 Å². The zero-order valence-corrected chi connectivity index (χ0v) is 12.2. The quantitative estimate of drug-likeness (QED) is 0.506. The number of carboxylic acid groups (broad SMARTS) is 1. The van der Waals surface area contributed by atoms with Crippen LogP contribution in [0.15, 0.2) is 38.9 Å². The van der Waals surface area contributed by atoms with Gasteiger partial charge in [-0.2, -0.15) is 5.10 Å². The Morgan fingerprint density at radius 2 is 2.00 bits per heavy atom. The van der Waals surface area contributed by atoms with Crippen LogP contribution in [0.2, 0.25) is 0 Å². The minimum absolute atomic E-state index is 0.199. The van der Waals surface area contributed by atoms with Crippen LogP contribution < -0.4 is 16.0 Å². The molecule has 9 heteroatoms. The van der Waals surface area contributed by atoms with Gasteiger partial charge in [0.15, 0.2) is 5.03 Å². The predicted molar refractivity (Wildman–Crippen MR) is 79.7 cm³/mol. The van der Waals surface area contributed by atoms with Gasteiger partial charge in [0.2, 0.25) is 0 Å². The molecule has 116 valence electrons. The highest BCUT2D eigenvalue weighted by molar-refractivity contribution is 7.99. The third-order valence-electron chi connectivity index (χ3n) is 2.58. The number of benzene rings is 1. The van der Waals surface area contributed by atoms with E-state index in [4.69, 9.17) is 9.84 Å². The molecule has 0 atom stereocenters. The van der Waals surface area contributed by atoms with E-state index >= 15 is 0 Å². The molecule has 0 aliphatic rings. The fraction of sp³-hybridized carbons (Fsp3) is 0.231. The Hall–Kier alpha value is -2.55. The molecule has 1 aromatic carbocycles. The number of H-pyrrole nitrogens is 2. The van der Waals surface area contributed by atoms with Gasteiger partial charge in [-0.1, -0.05) is 11.8 Å². The number of hydrogen-bond donors (Lipinski definition) is 3. The van der Waals surface area contributed by atoms with E-state index in [9.17, 15) is 14.4 Å². The number of nitrogens with zero attached hydrogens (tertiary/aromatic N) is 1. The number of nitrogens with one attached hydrogen (secondary N) is 2. The van der Waals surface area contributed by atoms with Crippen molar-refractivity contribution in [1.29, 1.82) is 0 Å². The Labute approximate surface area is 128 Å². The molecular weight excluding hydrogens is 310 g/mol. The number of carbonyl (C=O) groups is 1. The number of aromatic amines is 2. The summed E-state index contributed by atoms with van der Waals surface area (Å²) in [5, 5.41) is 14.8. The first-order valence-corrected chi connectivity index (χ1v) is 7.33. The lowest BCUT2D eigenvalue weighted by atomic mass is 10.2. The molecule has 22 heavy (non-hydrogen) atoms. The van der Waals surface area contributed by atoms with E-state index in [2.05, 4.69) is 15.2 Å². The molecule has 0 aliphatic heterocycles. The van der Waals surface area contributed by atoms with E-state index in [1.54, 1.807) is 12.1 Å². The third kappa shape index (κ3) is 4.48. The van der Waals surface area contributed by atoms with E-state index in [0.29, 0.717) is 24.5 Å². The van der Waals surface area contributed by atoms with Crippen molar-refractivity contribution in [1.82, 2.24) is 15.2 Å². The van der Waals surface area contributed by atoms with E-state index in [1.165, 1.54) is 23.9 Å². The van der Waals surface area contributed by atoms with Crippen LogP contribution in [0.1, 0.15) is 16.8 Å². The summed E-state index contributed by atoms with van der Waals surface area (Å²) in [5.74, 6) is 0.187. The lowest BCUT2D eigenvalue weighted by molar-refractivity contribution is 0.0697. The molecule has 1 aromatic heterocycles. The Morgan fingerprint density at radius 1 is 1.27 bits per heavy atom. The Morgan fingerprint density at radius 3 is 2.64 bits per heavy atom. The van der Waals surface area contributed by atoms with Crippen molar-refractivity contribution in [2.75, 3.05) is 12.4 Å². The number of aromatic nitrogens is 3. The first kappa shape index (κ1) is 15.8. The van der Waals surface area contributed by atoms with E-state index < -0.39 is 17.2 Å². The number of rotatable bonds is 7. The molecule has 8 nitrogen and oxygen atoms in total. The van der Waals surface area contributed by atoms with Gasteiger partial charge in [-0.15, -0.1) is 0 Å². The van der Waals surface area contributed by atoms with Crippen LogP contribution in [0.3, 0.4) is 0 Å². The molecule has 0 aliphatic carbocycles. The normalized spacial score (nSPS) is 10.4. The maximum Gasteiger partial charge on any atom is 0.342 e. The van der Waals surface area contributed by atoms with E-state index in [-0.39, 0.29) is 10.6 Å². The van der Waals surface area contributed by atoms with Crippen LogP contribution in [0.5, 0.6) is 5.75 Å². The highest BCUT2D eigenvalue weighted by atomic mass is 32.2. The lowest BCUT2D eigenvalue weighted by Crippen LogP contribution is -2.25. The van der Waals surface area contributed by atoms with Gasteiger partial charge in [-0.05, 0) is 30.7 Å². The molecule has 0 amide bonds. The first-order valence-electron chi connectivity index (χ1n) is 6.34. The molecular formula is C13H13N3O5S. The summed E-state index contributed by atoms with van der Waals surface area (Å²) in [5.41, 5.74) is -0.951. The standard InChI is InChI=1S/C13H13N3O5S/c17-10-11(15-16-13(20)14-10)22-7-1-6-21-9-4-2-8(3-5-9)12(18)19/h2-5H,1,6-7H2,(H,18,19)(H2,14,16,17,20). The van der Waals surface area contributed by atoms with Crippen molar-refractivity contribution in [3.63, 3.8) is 0 Å². The molecule has 0 saturated carbocycles. The summed E-state index contributed by atoms with van der Waals surface area (Å²) in [4.78, 5) is 35.0. The van der Waals surface area contributed by atoms with Crippen LogP contribution in [0.25, 0.3) is 0 Å². The SMILES string of the molecule is O=C(O)c1ccc(OCCCSc2n[nH]c(=O)[nH]c2=O)cc1. The minimum atomic E-state index is -0.985. The Balaban J connectivity index is 1.74. The summed E-state index contributed by atoms with van der Waals surface area (Å²) < 4.78 is 5.46. The Kier molecular flexibility index (Phi) is 5.37. The van der Waals surface area contributed by atoms with Crippen molar-refractivity contribution in [2.24, 2.45) is 0 Å². The van der Waals surface area contributed by atoms with Crippen molar-refractivity contribution in [3.05, 3.63) is 50.7 Å². The number of aromatic carboxylic acids is 1. The van der Waals surface area contributed by atoms with Gasteiger partial charge in [0, 0.05) is 5.75 Å².